The van der Waals surface area contributed by atoms with Crippen LogP contribution in [-0.4, -0.2) is 25.0 Å². The first-order valence-electron chi connectivity index (χ1n) is 14.1. The van der Waals surface area contributed by atoms with Crippen LogP contribution in [0.4, 0.5) is 5.69 Å². The Bertz CT molecular complexity index is 1870. The zero-order chi connectivity index (χ0) is 31.0. The van der Waals surface area contributed by atoms with Crippen LogP contribution in [0.1, 0.15) is 47.3 Å². The molecular weight excluding hydrogens is 637 g/mol. The molecule has 1 N–H and O–H groups in total. The average Bonchev–Trinajstić information content (AvgIpc) is 3.39. The molecule has 3 atom stereocenters. The Balaban J connectivity index is 1.38. The fourth-order valence-electron chi connectivity index (χ4n) is 5.87. The van der Waals surface area contributed by atoms with E-state index < -0.39 is 22.0 Å². The van der Waals surface area contributed by atoms with Gasteiger partial charge in [0.25, 0.3) is 15.9 Å². The number of nitrogens with zero attached hydrogens (tertiary/aromatic N) is 2. The van der Waals surface area contributed by atoms with Gasteiger partial charge in [-0.05, 0) is 108 Å². The summed E-state index contributed by atoms with van der Waals surface area (Å²) in [5.41, 5.74) is 4.40. The number of anilines is 1. The maximum absolute atomic E-state index is 14.2. The van der Waals surface area contributed by atoms with E-state index in [1.807, 2.05) is 48.5 Å². The monoisotopic (exact) mass is 663 g/mol. The van der Waals surface area contributed by atoms with Gasteiger partial charge in [0.1, 0.15) is 0 Å². The summed E-state index contributed by atoms with van der Waals surface area (Å²) in [5, 5.41) is 8.21. The van der Waals surface area contributed by atoms with Crippen LogP contribution >= 0.6 is 34.8 Å². The molecule has 0 spiro atoms. The number of hydrazone groups is 1. The summed E-state index contributed by atoms with van der Waals surface area (Å²) in [7, 11) is -3.98. The number of carbonyl (C=O) groups excluding carboxylic acids is 1. The van der Waals surface area contributed by atoms with Crippen LogP contribution in [0.15, 0.2) is 113 Å². The number of allylic oxidation sites excluding steroid dienone is 1. The van der Waals surface area contributed by atoms with E-state index in [0.29, 0.717) is 26.7 Å². The van der Waals surface area contributed by atoms with Crippen LogP contribution in [0.3, 0.4) is 0 Å². The number of sulfonamides is 1. The lowest BCUT2D eigenvalue weighted by Gasteiger charge is -2.32. The molecule has 1 aliphatic carbocycles. The third-order valence-electron chi connectivity index (χ3n) is 7.88. The highest BCUT2D eigenvalue weighted by molar-refractivity contribution is 7.92. The summed E-state index contributed by atoms with van der Waals surface area (Å²) in [6.07, 6.45) is 3.77. The lowest BCUT2D eigenvalue weighted by atomic mass is 9.73. The van der Waals surface area contributed by atoms with E-state index in [2.05, 4.69) is 17.7 Å². The van der Waals surface area contributed by atoms with Crippen LogP contribution in [0.5, 0.6) is 0 Å². The Morgan fingerprint density at radius 3 is 2.16 bits per heavy atom. The molecule has 1 heterocycles. The summed E-state index contributed by atoms with van der Waals surface area (Å²) in [5.74, 6) is -0.0930. The molecule has 0 saturated heterocycles. The van der Waals surface area contributed by atoms with Crippen molar-refractivity contribution in [2.24, 2.45) is 16.9 Å². The van der Waals surface area contributed by atoms with Gasteiger partial charge in [-0.25, -0.2) is 13.4 Å². The summed E-state index contributed by atoms with van der Waals surface area (Å²) < 4.78 is 29.1. The predicted molar refractivity (Wildman–Crippen MR) is 178 cm³/mol. The third kappa shape index (κ3) is 6.42. The van der Waals surface area contributed by atoms with Gasteiger partial charge in [-0.2, -0.15) is 5.10 Å². The smallest absolute Gasteiger partial charge is 0.274 e. The molecule has 3 unspecified atom stereocenters. The number of amides is 1. The first-order valence-corrected chi connectivity index (χ1v) is 16.7. The molecule has 0 radical (unpaired) electrons. The van der Waals surface area contributed by atoms with Crippen molar-refractivity contribution in [1.29, 1.82) is 0 Å². The average molecular weight is 665 g/mol. The van der Waals surface area contributed by atoms with Crippen LogP contribution in [0.25, 0.3) is 6.08 Å². The van der Waals surface area contributed by atoms with Crippen molar-refractivity contribution in [3.05, 3.63) is 134 Å². The maximum atomic E-state index is 14.2. The highest BCUT2D eigenvalue weighted by atomic mass is 35.5. The molecule has 1 amide bonds. The fourth-order valence-corrected chi connectivity index (χ4v) is 7.35. The number of nitrogens with one attached hydrogen (secondary N) is 1. The number of rotatable bonds is 6. The van der Waals surface area contributed by atoms with E-state index in [9.17, 15) is 13.2 Å². The van der Waals surface area contributed by atoms with Gasteiger partial charge < -0.3 is 0 Å². The lowest BCUT2D eigenvalue weighted by molar-refractivity contribution is 0.0676. The van der Waals surface area contributed by atoms with Crippen molar-refractivity contribution in [2.45, 2.75) is 30.7 Å². The van der Waals surface area contributed by atoms with Gasteiger partial charge in [0, 0.05) is 32.2 Å². The minimum atomic E-state index is -3.98. The quantitative estimate of drug-likeness (QED) is 0.223. The minimum absolute atomic E-state index is 0.0393. The van der Waals surface area contributed by atoms with Gasteiger partial charge in [-0.3, -0.25) is 9.52 Å². The largest absolute Gasteiger partial charge is 0.280 e. The Kier molecular flexibility index (Phi) is 8.57. The Hall–Kier alpha value is -3.62. The molecule has 6 nitrogen and oxygen atoms in total. The summed E-state index contributed by atoms with van der Waals surface area (Å²) in [4.78, 5) is 14.2. The minimum Gasteiger partial charge on any atom is -0.280 e. The molecule has 224 valence electrons. The zero-order valence-corrected chi connectivity index (χ0v) is 26.7. The van der Waals surface area contributed by atoms with Gasteiger partial charge in [0.2, 0.25) is 0 Å². The van der Waals surface area contributed by atoms with Crippen LogP contribution in [0, 0.1) is 11.8 Å². The highest BCUT2D eigenvalue weighted by Gasteiger charge is 2.45. The van der Waals surface area contributed by atoms with Crippen molar-refractivity contribution in [3.8, 4) is 0 Å². The van der Waals surface area contributed by atoms with E-state index in [1.54, 1.807) is 36.4 Å². The van der Waals surface area contributed by atoms with Crippen LogP contribution < -0.4 is 4.72 Å². The molecule has 1 aliphatic heterocycles. The number of fused-ring (bicyclic) bond motifs is 1. The predicted octanol–water partition coefficient (Wildman–Crippen LogP) is 9.13. The van der Waals surface area contributed by atoms with Gasteiger partial charge >= 0.3 is 0 Å². The molecule has 4 aromatic carbocycles. The second-order valence-corrected chi connectivity index (χ2v) is 14.1. The normalized spacial score (nSPS) is 20.7. The fraction of sp³-hybridized carbons (Fsp3) is 0.176. The second kappa shape index (κ2) is 12.4. The molecule has 10 heteroatoms. The molecule has 6 rings (SSSR count). The highest BCUT2D eigenvalue weighted by Crippen LogP contribution is 2.46. The Labute approximate surface area is 272 Å². The number of hydrogen-bond donors (Lipinski definition) is 1. The molecule has 0 aromatic heterocycles. The molecule has 44 heavy (non-hydrogen) atoms. The van der Waals surface area contributed by atoms with E-state index in [0.717, 1.165) is 35.3 Å². The standard InChI is InChI=1S/C34H28Cl3N3O3S/c1-21-17-25(19-22-5-9-26(35)10-6-22)32-31(18-21)33(23-7-11-27(36)12-8-23)40(38-32)34(41)24-3-2-4-30(20-24)44(42,43)39-29-15-13-28(37)14-16-29/h2-16,19-21,31,33,39H,17-18H2,1H3/b25-19-. The summed E-state index contributed by atoms with van der Waals surface area (Å²) in [6, 6.07) is 27.0. The summed E-state index contributed by atoms with van der Waals surface area (Å²) in [6.45, 7) is 2.21. The topological polar surface area (TPSA) is 78.8 Å². The van der Waals surface area contributed by atoms with Crippen molar-refractivity contribution in [3.63, 3.8) is 0 Å². The molecular formula is C34H28Cl3N3O3S. The molecule has 1 fully saturated rings. The SMILES string of the molecule is CC1C/C(=C/c2ccc(Cl)cc2)C2=NN(C(=O)c3cccc(S(=O)(=O)Nc4ccc(Cl)cc4)c3)C(c3ccc(Cl)cc3)C2C1. The van der Waals surface area contributed by atoms with Gasteiger partial charge in [-0.1, -0.05) is 72.1 Å². The van der Waals surface area contributed by atoms with E-state index in [4.69, 9.17) is 39.9 Å². The van der Waals surface area contributed by atoms with Crippen LogP contribution in [0.2, 0.25) is 15.1 Å². The van der Waals surface area contributed by atoms with Crippen LogP contribution in [-0.2, 0) is 10.0 Å². The van der Waals surface area contributed by atoms with E-state index in [-0.39, 0.29) is 16.4 Å². The Morgan fingerprint density at radius 2 is 1.50 bits per heavy atom. The van der Waals surface area contributed by atoms with E-state index in [1.165, 1.54) is 17.1 Å². The summed E-state index contributed by atoms with van der Waals surface area (Å²) >= 11 is 18.3. The van der Waals surface area contributed by atoms with Crippen molar-refractivity contribution < 1.29 is 13.2 Å². The van der Waals surface area contributed by atoms with Gasteiger partial charge in [0.15, 0.2) is 0 Å². The first kappa shape index (κ1) is 30.4. The molecule has 1 saturated carbocycles. The zero-order valence-electron chi connectivity index (χ0n) is 23.6. The molecule has 2 aliphatic rings. The number of halogens is 3. The molecule has 4 aromatic rings. The lowest BCUT2D eigenvalue weighted by Crippen LogP contribution is -2.33. The van der Waals surface area contributed by atoms with Crippen molar-refractivity contribution >= 4 is 68.2 Å². The number of hydrogen-bond acceptors (Lipinski definition) is 4. The number of benzene rings is 4. The number of carbonyl (C=O) groups is 1. The Morgan fingerprint density at radius 1 is 0.886 bits per heavy atom. The molecule has 0 bridgehead atoms. The van der Waals surface area contributed by atoms with Crippen molar-refractivity contribution in [2.75, 3.05) is 4.72 Å². The third-order valence-corrected chi connectivity index (χ3v) is 10.0. The van der Waals surface area contributed by atoms with Gasteiger partial charge in [0.05, 0.1) is 16.6 Å². The second-order valence-electron chi connectivity index (χ2n) is 11.1. The maximum Gasteiger partial charge on any atom is 0.274 e. The van der Waals surface area contributed by atoms with Crippen molar-refractivity contribution in [1.82, 2.24) is 5.01 Å². The van der Waals surface area contributed by atoms with Gasteiger partial charge in [-0.15, -0.1) is 0 Å². The first-order chi connectivity index (χ1) is 21.1. The van der Waals surface area contributed by atoms with E-state index >= 15 is 0 Å².